The maximum Gasteiger partial charge on any atom is 0.237 e. The highest BCUT2D eigenvalue weighted by Gasteiger charge is 2.14. The van der Waals surface area contributed by atoms with Crippen LogP contribution in [0.25, 0.3) is 17.1 Å². The molecule has 0 amide bonds. The van der Waals surface area contributed by atoms with Crippen LogP contribution >= 0.6 is 11.8 Å². The number of benzene rings is 2. The molecule has 0 bridgehead atoms. The SMILES string of the molecule is COc1ccccc1-c1noc(CSc2ncn(-c3ccccc3)n2)n1. The van der Waals surface area contributed by atoms with Gasteiger partial charge >= 0.3 is 0 Å². The Bertz CT molecular complexity index is 1000. The third-order valence-corrected chi connectivity index (χ3v) is 4.47. The van der Waals surface area contributed by atoms with Crippen molar-refractivity contribution in [1.82, 2.24) is 24.9 Å². The average Bonchev–Trinajstić information content (AvgIpc) is 3.36. The lowest BCUT2D eigenvalue weighted by Gasteiger charge is -2.02. The summed E-state index contributed by atoms with van der Waals surface area (Å²) in [6.07, 6.45) is 1.69. The quantitative estimate of drug-likeness (QED) is 0.483. The Hall–Kier alpha value is -3.13. The van der Waals surface area contributed by atoms with Gasteiger partial charge < -0.3 is 9.26 Å². The monoisotopic (exact) mass is 365 g/mol. The summed E-state index contributed by atoms with van der Waals surface area (Å²) in [6.45, 7) is 0. The molecule has 2 aromatic heterocycles. The second-order valence-corrected chi connectivity index (χ2v) is 6.25. The van der Waals surface area contributed by atoms with E-state index in [1.807, 2.05) is 54.6 Å². The standard InChI is InChI=1S/C18H15N5O2S/c1-24-15-10-6-5-9-14(15)17-20-16(25-22-17)11-26-18-19-12-23(21-18)13-7-3-2-4-8-13/h2-10,12H,11H2,1H3. The van der Waals surface area contributed by atoms with Gasteiger partial charge in [-0.1, -0.05) is 47.3 Å². The number of rotatable bonds is 6. The van der Waals surface area contributed by atoms with Gasteiger partial charge in [0.25, 0.3) is 0 Å². The summed E-state index contributed by atoms with van der Waals surface area (Å²) in [4.78, 5) is 8.73. The van der Waals surface area contributed by atoms with Crippen molar-refractivity contribution in [3.05, 3.63) is 66.8 Å². The van der Waals surface area contributed by atoms with E-state index < -0.39 is 0 Å². The molecule has 0 aliphatic carbocycles. The lowest BCUT2D eigenvalue weighted by molar-refractivity contribution is 0.390. The van der Waals surface area contributed by atoms with Crippen LogP contribution < -0.4 is 4.74 Å². The number of methoxy groups -OCH3 is 1. The van der Waals surface area contributed by atoms with Crippen molar-refractivity contribution in [3.63, 3.8) is 0 Å². The predicted octanol–water partition coefficient (Wildman–Crippen LogP) is 3.62. The number of ether oxygens (including phenoxy) is 1. The van der Waals surface area contributed by atoms with Crippen LogP contribution in [0, 0.1) is 0 Å². The topological polar surface area (TPSA) is 78.9 Å². The zero-order chi connectivity index (χ0) is 17.8. The normalized spacial score (nSPS) is 10.8. The summed E-state index contributed by atoms with van der Waals surface area (Å²) in [6, 6.07) is 17.4. The molecule has 26 heavy (non-hydrogen) atoms. The van der Waals surface area contributed by atoms with Gasteiger partial charge in [0.15, 0.2) is 0 Å². The van der Waals surface area contributed by atoms with Crippen molar-refractivity contribution in [2.45, 2.75) is 10.9 Å². The van der Waals surface area contributed by atoms with Gasteiger partial charge in [-0.2, -0.15) is 4.98 Å². The first-order chi connectivity index (χ1) is 12.8. The molecule has 4 rings (SSSR count). The third-order valence-electron chi connectivity index (χ3n) is 3.63. The minimum atomic E-state index is 0.487. The number of aromatic nitrogens is 5. The van der Waals surface area contributed by atoms with Crippen molar-refractivity contribution in [2.24, 2.45) is 0 Å². The molecule has 8 heteroatoms. The molecule has 0 N–H and O–H groups in total. The van der Waals surface area contributed by atoms with Gasteiger partial charge in [0, 0.05) is 0 Å². The fourth-order valence-electron chi connectivity index (χ4n) is 2.40. The number of thioether (sulfide) groups is 1. The molecule has 0 spiro atoms. The van der Waals surface area contributed by atoms with Gasteiger partial charge in [0.1, 0.15) is 12.1 Å². The van der Waals surface area contributed by atoms with Gasteiger partial charge in [-0.25, -0.2) is 9.67 Å². The molecular weight excluding hydrogens is 350 g/mol. The lowest BCUT2D eigenvalue weighted by Crippen LogP contribution is -1.93. The van der Waals surface area contributed by atoms with E-state index in [-0.39, 0.29) is 0 Å². The number of hydrogen-bond acceptors (Lipinski definition) is 7. The average molecular weight is 365 g/mol. The number of para-hydroxylation sites is 2. The van der Waals surface area contributed by atoms with E-state index >= 15 is 0 Å². The molecule has 0 aliphatic rings. The Morgan fingerprint density at radius 1 is 1.08 bits per heavy atom. The second kappa shape index (κ2) is 7.40. The van der Waals surface area contributed by atoms with E-state index in [1.54, 1.807) is 18.1 Å². The van der Waals surface area contributed by atoms with E-state index in [0.717, 1.165) is 11.3 Å². The first-order valence-electron chi connectivity index (χ1n) is 7.89. The van der Waals surface area contributed by atoms with Crippen LogP contribution in [-0.2, 0) is 5.75 Å². The fraction of sp³-hybridized carbons (Fsp3) is 0.111. The lowest BCUT2D eigenvalue weighted by atomic mass is 10.2. The fourth-order valence-corrected chi connectivity index (χ4v) is 3.03. The molecule has 2 aromatic carbocycles. The summed E-state index contributed by atoms with van der Waals surface area (Å²) in [5.41, 5.74) is 1.75. The molecule has 7 nitrogen and oxygen atoms in total. The zero-order valence-electron chi connectivity index (χ0n) is 13.9. The minimum absolute atomic E-state index is 0.487. The zero-order valence-corrected chi connectivity index (χ0v) is 14.8. The molecule has 4 aromatic rings. The first-order valence-corrected chi connectivity index (χ1v) is 8.88. The van der Waals surface area contributed by atoms with Crippen molar-refractivity contribution < 1.29 is 9.26 Å². The van der Waals surface area contributed by atoms with Crippen LogP contribution in [0.1, 0.15) is 5.89 Å². The molecule has 0 atom stereocenters. The first kappa shape index (κ1) is 16.3. The van der Waals surface area contributed by atoms with Gasteiger partial charge in [0.2, 0.25) is 16.9 Å². The van der Waals surface area contributed by atoms with E-state index in [4.69, 9.17) is 9.26 Å². The highest BCUT2D eigenvalue weighted by Crippen LogP contribution is 2.28. The van der Waals surface area contributed by atoms with Crippen LogP contribution in [0.15, 0.2) is 70.6 Å². The van der Waals surface area contributed by atoms with Crippen LogP contribution in [-0.4, -0.2) is 32.0 Å². The summed E-state index contributed by atoms with van der Waals surface area (Å²) in [5.74, 6) is 2.20. The van der Waals surface area contributed by atoms with Crippen molar-refractivity contribution >= 4 is 11.8 Å². The van der Waals surface area contributed by atoms with Crippen molar-refractivity contribution in [3.8, 4) is 22.8 Å². The Balaban J connectivity index is 1.45. The predicted molar refractivity (Wildman–Crippen MR) is 97.2 cm³/mol. The van der Waals surface area contributed by atoms with Crippen LogP contribution in [0.5, 0.6) is 5.75 Å². The van der Waals surface area contributed by atoms with E-state index in [0.29, 0.717) is 28.4 Å². The van der Waals surface area contributed by atoms with Gasteiger partial charge in [0.05, 0.1) is 24.1 Å². The summed E-state index contributed by atoms with van der Waals surface area (Å²) >= 11 is 1.44. The molecule has 2 heterocycles. The molecule has 0 unspecified atom stereocenters. The maximum atomic E-state index is 5.33. The number of nitrogens with zero attached hydrogens (tertiary/aromatic N) is 5. The largest absolute Gasteiger partial charge is 0.496 e. The smallest absolute Gasteiger partial charge is 0.237 e. The summed E-state index contributed by atoms with van der Waals surface area (Å²) < 4.78 is 12.4. The molecule has 0 saturated heterocycles. The Morgan fingerprint density at radius 3 is 2.73 bits per heavy atom. The van der Waals surface area contributed by atoms with Crippen LogP contribution in [0.3, 0.4) is 0 Å². The Kier molecular flexibility index (Phi) is 4.65. The van der Waals surface area contributed by atoms with Gasteiger partial charge in [-0.15, -0.1) is 5.10 Å². The summed E-state index contributed by atoms with van der Waals surface area (Å²) in [5, 5.41) is 9.13. The Morgan fingerprint density at radius 2 is 1.88 bits per heavy atom. The van der Waals surface area contributed by atoms with E-state index in [9.17, 15) is 0 Å². The van der Waals surface area contributed by atoms with Gasteiger partial charge in [-0.05, 0) is 24.3 Å². The highest BCUT2D eigenvalue weighted by atomic mass is 32.2. The molecular formula is C18H15N5O2S. The second-order valence-electron chi connectivity index (χ2n) is 5.31. The minimum Gasteiger partial charge on any atom is -0.496 e. The number of hydrogen-bond donors (Lipinski definition) is 0. The third kappa shape index (κ3) is 3.45. The van der Waals surface area contributed by atoms with Crippen LogP contribution in [0.4, 0.5) is 0 Å². The molecule has 0 saturated carbocycles. The van der Waals surface area contributed by atoms with Gasteiger partial charge in [-0.3, -0.25) is 0 Å². The van der Waals surface area contributed by atoms with Crippen molar-refractivity contribution in [1.29, 1.82) is 0 Å². The molecule has 0 fully saturated rings. The highest BCUT2D eigenvalue weighted by molar-refractivity contribution is 7.98. The maximum absolute atomic E-state index is 5.33. The molecule has 0 radical (unpaired) electrons. The van der Waals surface area contributed by atoms with Crippen molar-refractivity contribution in [2.75, 3.05) is 7.11 Å². The van der Waals surface area contributed by atoms with Crippen LogP contribution in [0.2, 0.25) is 0 Å². The Labute approximate surface area is 154 Å². The van der Waals surface area contributed by atoms with E-state index in [1.165, 1.54) is 11.8 Å². The molecule has 130 valence electrons. The summed E-state index contributed by atoms with van der Waals surface area (Å²) in [7, 11) is 1.62. The molecule has 0 aliphatic heterocycles. The van der Waals surface area contributed by atoms with E-state index in [2.05, 4.69) is 20.2 Å².